The largest absolute Gasteiger partial charge is 0.298 e. The molecule has 5 nitrogen and oxygen atoms in total. The van der Waals surface area contributed by atoms with Gasteiger partial charge in [0.2, 0.25) is 0 Å². The first-order valence-corrected chi connectivity index (χ1v) is 9.17. The molecule has 0 saturated heterocycles. The van der Waals surface area contributed by atoms with Crippen molar-refractivity contribution in [2.24, 2.45) is 0 Å². The number of benzene rings is 1. The molecule has 1 aromatic heterocycles. The summed E-state index contributed by atoms with van der Waals surface area (Å²) in [6.07, 6.45) is 0. The fourth-order valence-corrected chi connectivity index (χ4v) is 3.63. The Bertz CT molecular complexity index is 771. The van der Waals surface area contributed by atoms with Gasteiger partial charge < -0.3 is 0 Å². The van der Waals surface area contributed by atoms with Gasteiger partial charge >= 0.3 is 0 Å². The van der Waals surface area contributed by atoms with Gasteiger partial charge in [0, 0.05) is 10.4 Å². The normalized spacial score (nSPS) is 11.7. The Kier molecular flexibility index (Phi) is 4.67. The third kappa shape index (κ3) is 3.36. The molecule has 1 heterocycles. The fourth-order valence-electron chi connectivity index (χ4n) is 1.76. The number of carbonyl (C=O) groups excluding carboxylic acids is 1. The van der Waals surface area contributed by atoms with Crippen LogP contribution in [0.1, 0.15) is 34.8 Å². The third-order valence-corrected chi connectivity index (χ3v) is 6.47. The van der Waals surface area contributed by atoms with Crippen molar-refractivity contribution >= 4 is 32.2 Å². The minimum atomic E-state index is -3.32. The summed E-state index contributed by atoms with van der Waals surface area (Å²) in [4.78, 5) is 17.7. The zero-order valence-corrected chi connectivity index (χ0v) is 14.5. The van der Waals surface area contributed by atoms with Gasteiger partial charge in [0.05, 0.1) is 15.8 Å². The van der Waals surface area contributed by atoms with Crippen LogP contribution in [0.15, 0.2) is 29.2 Å². The summed E-state index contributed by atoms with van der Waals surface area (Å²) < 4.78 is 24.1. The number of aromatic nitrogens is 1. The number of thiazole rings is 1. The van der Waals surface area contributed by atoms with Gasteiger partial charge in [-0.2, -0.15) is 0 Å². The van der Waals surface area contributed by atoms with E-state index in [0.717, 1.165) is 10.6 Å². The predicted molar refractivity (Wildman–Crippen MR) is 88.3 cm³/mol. The Morgan fingerprint density at radius 2 is 1.77 bits per heavy atom. The van der Waals surface area contributed by atoms with Crippen LogP contribution < -0.4 is 5.32 Å². The van der Waals surface area contributed by atoms with E-state index in [1.54, 1.807) is 13.8 Å². The lowest BCUT2D eigenvalue weighted by Gasteiger charge is -2.08. The molecular weight excluding hydrogens is 320 g/mol. The molecular formula is C15H18N2O3S2. The van der Waals surface area contributed by atoms with Crippen molar-refractivity contribution in [2.45, 2.75) is 37.8 Å². The highest BCUT2D eigenvalue weighted by molar-refractivity contribution is 7.92. The van der Waals surface area contributed by atoms with Crippen molar-refractivity contribution in [3.63, 3.8) is 0 Å². The summed E-state index contributed by atoms with van der Waals surface area (Å²) in [7, 11) is -3.32. The molecule has 2 aromatic rings. The minimum Gasteiger partial charge on any atom is -0.298 e. The summed E-state index contributed by atoms with van der Waals surface area (Å²) in [5.74, 6) is -0.303. The van der Waals surface area contributed by atoms with E-state index in [-0.39, 0.29) is 10.8 Å². The maximum absolute atomic E-state index is 12.1. The van der Waals surface area contributed by atoms with E-state index >= 15 is 0 Å². The summed E-state index contributed by atoms with van der Waals surface area (Å²) >= 11 is 1.41. The van der Waals surface area contributed by atoms with E-state index in [1.165, 1.54) is 35.6 Å². The second-order valence-corrected chi connectivity index (χ2v) is 8.94. The van der Waals surface area contributed by atoms with Crippen LogP contribution in [-0.2, 0) is 9.84 Å². The number of nitrogens with zero attached hydrogens (tertiary/aromatic N) is 1. The maximum atomic E-state index is 12.1. The van der Waals surface area contributed by atoms with E-state index in [1.807, 2.05) is 13.8 Å². The van der Waals surface area contributed by atoms with Gasteiger partial charge in [0.25, 0.3) is 5.91 Å². The standard InChI is InChI=1S/C15H18N2O3S2/c1-9(2)22(19,20)13-7-5-12(6-8-13)14(18)17-15-16-10(3)11(4)21-15/h5-9H,1-4H3,(H,16,17,18). The number of hydrogen-bond acceptors (Lipinski definition) is 5. The molecule has 0 spiro atoms. The predicted octanol–water partition coefficient (Wildman–Crippen LogP) is 3.19. The number of nitrogens with one attached hydrogen (secondary N) is 1. The maximum Gasteiger partial charge on any atom is 0.257 e. The minimum absolute atomic E-state index is 0.222. The van der Waals surface area contributed by atoms with E-state index < -0.39 is 15.1 Å². The van der Waals surface area contributed by atoms with E-state index in [4.69, 9.17) is 0 Å². The molecule has 0 aliphatic rings. The van der Waals surface area contributed by atoms with Crippen molar-refractivity contribution in [1.29, 1.82) is 0 Å². The SMILES string of the molecule is Cc1nc(NC(=O)c2ccc(S(=O)(=O)C(C)C)cc2)sc1C. The van der Waals surface area contributed by atoms with Gasteiger partial charge in [-0.3, -0.25) is 10.1 Å². The Morgan fingerprint density at radius 3 is 2.23 bits per heavy atom. The molecule has 1 aromatic carbocycles. The average molecular weight is 338 g/mol. The molecule has 118 valence electrons. The third-order valence-electron chi connectivity index (χ3n) is 3.31. The molecule has 0 bridgehead atoms. The van der Waals surface area contributed by atoms with Crippen LogP contribution in [0.25, 0.3) is 0 Å². The van der Waals surface area contributed by atoms with Gasteiger partial charge in [-0.15, -0.1) is 11.3 Å². The van der Waals surface area contributed by atoms with Crippen LogP contribution in [0.5, 0.6) is 0 Å². The van der Waals surface area contributed by atoms with Crippen molar-refractivity contribution in [1.82, 2.24) is 4.98 Å². The zero-order chi connectivity index (χ0) is 16.5. The highest BCUT2D eigenvalue weighted by atomic mass is 32.2. The molecule has 0 fully saturated rings. The second kappa shape index (κ2) is 6.18. The summed E-state index contributed by atoms with van der Waals surface area (Å²) in [6, 6.07) is 5.95. The molecule has 0 saturated carbocycles. The topological polar surface area (TPSA) is 76.1 Å². The first-order valence-electron chi connectivity index (χ1n) is 6.81. The second-order valence-electron chi connectivity index (χ2n) is 5.23. The van der Waals surface area contributed by atoms with Crippen LogP contribution in [0, 0.1) is 13.8 Å². The molecule has 0 atom stereocenters. The van der Waals surface area contributed by atoms with Gasteiger partial charge in [-0.05, 0) is 52.0 Å². The fraction of sp³-hybridized carbons (Fsp3) is 0.333. The number of sulfone groups is 1. The highest BCUT2D eigenvalue weighted by Gasteiger charge is 2.19. The average Bonchev–Trinajstić information content (AvgIpc) is 2.77. The van der Waals surface area contributed by atoms with Crippen LogP contribution in [0.2, 0.25) is 0 Å². The van der Waals surface area contributed by atoms with Gasteiger partial charge in [0.1, 0.15) is 0 Å². The van der Waals surface area contributed by atoms with Crippen molar-refractivity contribution in [3.8, 4) is 0 Å². The number of rotatable bonds is 4. The Morgan fingerprint density at radius 1 is 1.18 bits per heavy atom. The molecule has 1 N–H and O–H groups in total. The van der Waals surface area contributed by atoms with Crippen LogP contribution >= 0.6 is 11.3 Å². The number of aryl methyl sites for hydroxylation is 2. The van der Waals surface area contributed by atoms with Crippen LogP contribution in [0.3, 0.4) is 0 Å². The first kappa shape index (κ1) is 16.6. The lowest BCUT2D eigenvalue weighted by Crippen LogP contribution is -2.15. The van der Waals surface area contributed by atoms with E-state index in [2.05, 4.69) is 10.3 Å². The van der Waals surface area contributed by atoms with Crippen molar-refractivity contribution in [3.05, 3.63) is 40.4 Å². The van der Waals surface area contributed by atoms with Crippen LogP contribution in [-0.4, -0.2) is 24.6 Å². The van der Waals surface area contributed by atoms with Gasteiger partial charge in [-0.25, -0.2) is 13.4 Å². The molecule has 0 unspecified atom stereocenters. The molecule has 0 aliphatic heterocycles. The quantitative estimate of drug-likeness (QED) is 0.929. The first-order chi connectivity index (χ1) is 10.2. The number of carbonyl (C=O) groups is 1. The molecule has 0 aliphatic carbocycles. The molecule has 2 rings (SSSR count). The summed E-state index contributed by atoms with van der Waals surface area (Å²) in [5, 5.41) is 2.77. The molecule has 22 heavy (non-hydrogen) atoms. The molecule has 7 heteroatoms. The summed E-state index contributed by atoms with van der Waals surface area (Å²) in [6.45, 7) is 7.08. The summed E-state index contributed by atoms with van der Waals surface area (Å²) in [5.41, 5.74) is 1.28. The van der Waals surface area contributed by atoms with Gasteiger partial charge in [-0.1, -0.05) is 0 Å². The Balaban J connectivity index is 2.18. The zero-order valence-electron chi connectivity index (χ0n) is 12.9. The number of amides is 1. The molecule has 1 amide bonds. The number of hydrogen-bond donors (Lipinski definition) is 1. The van der Waals surface area contributed by atoms with Crippen LogP contribution in [0.4, 0.5) is 5.13 Å². The Labute approximate surface area is 134 Å². The van der Waals surface area contributed by atoms with E-state index in [9.17, 15) is 13.2 Å². The lowest BCUT2D eigenvalue weighted by molar-refractivity contribution is 0.102. The highest BCUT2D eigenvalue weighted by Crippen LogP contribution is 2.22. The molecule has 0 radical (unpaired) electrons. The van der Waals surface area contributed by atoms with Gasteiger partial charge in [0.15, 0.2) is 15.0 Å². The lowest BCUT2D eigenvalue weighted by atomic mass is 10.2. The monoisotopic (exact) mass is 338 g/mol. The van der Waals surface area contributed by atoms with E-state index in [0.29, 0.717) is 10.7 Å². The van der Waals surface area contributed by atoms with Crippen molar-refractivity contribution in [2.75, 3.05) is 5.32 Å². The Hall–Kier alpha value is -1.73. The smallest absolute Gasteiger partial charge is 0.257 e. The van der Waals surface area contributed by atoms with Crippen molar-refractivity contribution < 1.29 is 13.2 Å². The number of anilines is 1.